The zero-order valence-corrected chi connectivity index (χ0v) is 10.1. The fourth-order valence-corrected chi connectivity index (χ4v) is 2.80. The van der Waals surface area contributed by atoms with Crippen molar-refractivity contribution in [1.82, 2.24) is 5.32 Å². The molecule has 4 nitrogen and oxygen atoms in total. The van der Waals surface area contributed by atoms with E-state index in [1.165, 1.54) is 18.4 Å². The summed E-state index contributed by atoms with van der Waals surface area (Å²) in [5, 5.41) is 2.53. The van der Waals surface area contributed by atoms with Gasteiger partial charge in [-0.15, -0.1) is 11.3 Å². The van der Waals surface area contributed by atoms with E-state index in [-0.39, 0.29) is 11.8 Å². The number of ether oxygens (including phenoxy) is 1. The predicted octanol–water partition coefficient (Wildman–Crippen LogP) is 1.23. The molecule has 1 aliphatic rings. The molecule has 16 heavy (non-hydrogen) atoms. The van der Waals surface area contributed by atoms with Crippen molar-refractivity contribution in [2.24, 2.45) is 5.92 Å². The highest BCUT2D eigenvalue weighted by atomic mass is 35.5. The molecular weight excluding hydrogens is 250 g/mol. The van der Waals surface area contributed by atoms with Crippen LogP contribution in [0.15, 0.2) is 12.1 Å². The third-order valence-corrected chi connectivity index (χ3v) is 3.80. The summed E-state index contributed by atoms with van der Waals surface area (Å²) in [6.45, 7) is 0. The average Bonchev–Trinajstić information content (AvgIpc) is 2.67. The normalized spacial score (nSPS) is 23.5. The van der Waals surface area contributed by atoms with Crippen LogP contribution in [0.5, 0.6) is 0 Å². The van der Waals surface area contributed by atoms with Gasteiger partial charge in [-0.25, -0.2) is 4.79 Å². The minimum Gasteiger partial charge on any atom is -0.467 e. The Kier molecular flexibility index (Phi) is 3.16. The Hall–Kier alpha value is -1.07. The van der Waals surface area contributed by atoms with Gasteiger partial charge in [-0.1, -0.05) is 11.6 Å². The number of halogens is 1. The van der Waals surface area contributed by atoms with Crippen LogP contribution in [0.4, 0.5) is 0 Å². The highest BCUT2D eigenvalue weighted by Gasteiger charge is 2.44. The molecule has 2 atom stereocenters. The van der Waals surface area contributed by atoms with E-state index in [0.29, 0.717) is 10.8 Å². The molecule has 1 aromatic rings. The van der Waals surface area contributed by atoms with Gasteiger partial charge in [-0.05, 0) is 18.6 Å². The summed E-state index contributed by atoms with van der Waals surface area (Å²) < 4.78 is 5.28. The molecule has 1 amide bonds. The van der Waals surface area contributed by atoms with Crippen LogP contribution >= 0.6 is 22.9 Å². The fraction of sp³-hybridized carbons (Fsp3) is 0.400. The molecule has 1 aliphatic heterocycles. The van der Waals surface area contributed by atoms with Crippen molar-refractivity contribution in [2.75, 3.05) is 7.11 Å². The zero-order valence-electron chi connectivity index (χ0n) is 8.53. The van der Waals surface area contributed by atoms with Gasteiger partial charge >= 0.3 is 5.97 Å². The number of hydrogen-bond acceptors (Lipinski definition) is 4. The molecule has 0 aromatic carbocycles. The molecule has 2 heterocycles. The molecule has 1 saturated heterocycles. The van der Waals surface area contributed by atoms with Crippen LogP contribution in [-0.4, -0.2) is 25.0 Å². The number of hydrogen-bond donors (Lipinski definition) is 1. The van der Waals surface area contributed by atoms with Crippen LogP contribution in [0.3, 0.4) is 0 Å². The van der Waals surface area contributed by atoms with Crippen LogP contribution in [0, 0.1) is 5.92 Å². The lowest BCUT2D eigenvalue weighted by atomic mass is 9.87. The first-order chi connectivity index (χ1) is 7.61. The van der Waals surface area contributed by atoms with E-state index >= 15 is 0 Å². The van der Waals surface area contributed by atoms with Gasteiger partial charge in [0.15, 0.2) is 0 Å². The second-order valence-electron chi connectivity index (χ2n) is 3.53. The molecule has 0 aliphatic carbocycles. The van der Waals surface area contributed by atoms with Gasteiger partial charge < -0.3 is 10.1 Å². The van der Waals surface area contributed by atoms with E-state index < -0.39 is 12.0 Å². The van der Waals surface area contributed by atoms with Crippen molar-refractivity contribution in [3.63, 3.8) is 0 Å². The summed E-state index contributed by atoms with van der Waals surface area (Å²) in [6.07, 6.45) is 0.531. The molecule has 2 rings (SSSR count). The maximum absolute atomic E-state index is 11.3. The SMILES string of the molecule is COC(=O)C1NC(=O)[C@@H]1Cc1ccc(Cl)s1. The van der Waals surface area contributed by atoms with E-state index in [9.17, 15) is 9.59 Å². The van der Waals surface area contributed by atoms with Gasteiger partial charge in [0, 0.05) is 4.88 Å². The minimum atomic E-state index is -0.515. The molecule has 0 saturated carbocycles. The Morgan fingerprint density at radius 2 is 2.38 bits per heavy atom. The largest absolute Gasteiger partial charge is 0.467 e. The van der Waals surface area contributed by atoms with Crippen LogP contribution < -0.4 is 5.32 Å². The number of esters is 1. The van der Waals surface area contributed by atoms with Crippen LogP contribution in [0.2, 0.25) is 4.34 Å². The maximum atomic E-state index is 11.3. The summed E-state index contributed by atoms with van der Waals surface area (Å²) >= 11 is 7.22. The van der Waals surface area contributed by atoms with Crippen molar-refractivity contribution in [1.29, 1.82) is 0 Å². The van der Waals surface area contributed by atoms with Crippen LogP contribution in [-0.2, 0) is 20.7 Å². The highest BCUT2D eigenvalue weighted by Crippen LogP contribution is 2.27. The monoisotopic (exact) mass is 259 g/mol. The lowest BCUT2D eigenvalue weighted by molar-refractivity contribution is -0.155. The lowest BCUT2D eigenvalue weighted by Gasteiger charge is -2.34. The Morgan fingerprint density at radius 1 is 1.62 bits per heavy atom. The Balaban J connectivity index is 2.03. The van der Waals surface area contributed by atoms with E-state index in [0.717, 1.165) is 4.88 Å². The first-order valence-electron chi connectivity index (χ1n) is 4.74. The van der Waals surface area contributed by atoms with Crippen molar-refractivity contribution < 1.29 is 14.3 Å². The van der Waals surface area contributed by atoms with E-state index in [1.54, 1.807) is 6.07 Å². The first kappa shape index (κ1) is 11.4. The summed E-state index contributed by atoms with van der Waals surface area (Å²) in [7, 11) is 1.31. The summed E-state index contributed by atoms with van der Waals surface area (Å²) in [6, 6.07) is 3.14. The number of rotatable bonds is 3. The summed E-state index contributed by atoms with van der Waals surface area (Å²) in [5.41, 5.74) is 0. The second-order valence-corrected chi connectivity index (χ2v) is 5.33. The Bertz CT molecular complexity index is 431. The second kappa shape index (κ2) is 4.43. The summed E-state index contributed by atoms with van der Waals surface area (Å²) in [5.74, 6) is -0.839. The number of amides is 1. The number of methoxy groups -OCH3 is 1. The van der Waals surface area contributed by atoms with Crippen LogP contribution in [0.1, 0.15) is 4.88 Å². The minimum absolute atomic E-state index is 0.111. The summed E-state index contributed by atoms with van der Waals surface area (Å²) in [4.78, 5) is 23.6. The molecule has 86 valence electrons. The maximum Gasteiger partial charge on any atom is 0.329 e. The molecule has 1 unspecified atom stereocenters. The third-order valence-electron chi connectivity index (χ3n) is 2.54. The molecule has 1 N–H and O–H groups in total. The third kappa shape index (κ3) is 2.05. The Morgan fingerprint density at radius 3 is 2.88 bits per heavy atom. The van der Waals surface area contributed by atoms with Gasteiger partial charge in [0.1, 0.15) is 6.04 Å². The van der Waals surface area contributed by atoms with Crippen LogP contribution in [0.25, 0.3) is 0 Å². The average molecular weight is 260 g/mol. The topological polar surface area (TPSA) is 55.4 Å². The van der Waals surface area contributed by atoms with Crippen molar-refractivity contribution >= 4 is 34.8 Å². The van der Waals surface area contributed by atoms with Gasteiger partial charge in [0.25, 0.3) is 0 Å². The standard InChI is InChI=1S/C10H10ClNO3S/c1-15-10(14)8-6(9(13)12-8)4-5-2-3-7(11)16-5/h2-3,6,8H,4H2,1H3,(H,12,13)/t6-,8?/m1/s1. The van der Waals surface area contributed by atoms with Crippen molar-refractivity contribution in [3.05, 3.63) is 21.3 Å². The highest BCUT2D eigenvalue weighted by molar-refractivity contribution is 7.16. The van der Waals surface area contributed by atoms with Gasteiger partial charge in [-0.3, -0.25) is 4.79 Å². The molecular formula is C10H10ClNO3S. The van der Waals surface area contributed by atoms with Gasteiger partial charge in [0.05, 0.1) is 17.4 Å². The first-order valence-corrected chi connectivity index (χ1v) is 5.93. The molecule has 1 aromatic heterocycles. The quantitative estimate of drug-likeness (QED) is 0.656. The zero-order chi connectivity index (χ0) is 11.7. The Labute approximate surface area is 102 Å². The predicted molar refractivity (Wildman–Crippen MR) is 60.5 cm³/mol. The molecule has 0 spiro atoms. The number of nitrogens with one attached hydrogen (secondary N) is 1. The van der Waals surface area contributed by atoms with E-state index in [4.69, 9.17) is 11.6 Å². The van der Waals surface area contributed by atoms with Gasteiger partial charge in [-0.2, -0.15) is 0 Å². The number of carbonyl (C=O) groups is 2. The van der Waals surface area contributed by atoms with E-state index in [2.05, 4.69) is 10.1 Å². The smallest absolute Gasteiger partial charge is 0.329 e. The van der Waals surface area contributed by atoms with Crippen molar-refractivity contribution in [3.8, 4) is 0 Å². The number of β-lactam (4-membered cyclic amide) rings is 1. The van der Waals surface area contributed by atoms with E-state index in [1.807, 2.05) is 6.07 Å². The fourth-order valence-electron chi connectivity index (χ4n) is 1.65. The van der Waals surface area contributed by atoms with Crippen molar-refractivity contribution in [2.45, 2.75) is 12.5 Å². The molecule has 6 heteroatoms. The van der Waals surface area contributed by atoms with Gasteiger partial charge in [0.2, 0.25) is 5.91 Å². The number of carbonyl (C=O) groups excluding carboxylic acids is 2. The molecule has 1 fully saturated rings. The molecule has 0 radical (unpaired) electrons. The lowest BCUT2D eigenvalue weighted by Crippen LogP contribution is -2.62. The number of thiophene rings is 1. The molecule has 0 bridgehead atoms.